The molecule has 0 unspecified atom stereocenters. The zero-order valence-corrected chi connectivity index (χ0v) is 10.7. The Balaban J connectivity index is 2.67. The van der Waals surface area contributed by atoms with Crippen molar-refractivity contribution in [2.24, 2.45) is 0 Å². The molecule has 0 fully saturated rings. The number of aromatic nitrogens is 1. The van der Waals surface area contributed by atoms with Crippen LogP contribution in [0, 0.1) is 0 Å². The molecule has 1 rings (SSSR count). The Morgan fingerprint density at radius 1 is 1.25 bits per heavy atom. The van der Waals surface area contributed by atoms with E-state index in [2.05, 4.69) is 35.1 Å². The summed E-state index contributed by atoms with van der Waals surface area (Å²) in [6, 6.07) is 4.16. The number of pyridine rings is 1. The van der Waals surface area contributed by atoms with E-state index in [1.54, 1.807) is 0 Å². The molecular formula is C13H23N3. The molecule has 0 aromatic carbocycles. The standard InChI is InChI=1S/C13H23N3/c1-4-9-16(10-5-2)11-12-7-6-8-15-13(12)14-3/h6-8H,4-5,9-11H2,1-3H3,(H,14,15). The summed E-state index contributed by atoms with van der Waals surface area (Å²) in [7, 11) is 1.93. The van der Waals surface area contributed by atoms with Gasteiger partial charge in [0.05, 0.1) is 0 Å². The minimum Gasteiger partial charge on any atom is -0.373 e. The van der Waals surface area contributed by atoms with Gasteiger partial charge in [-0.3, -0.25) is 4.90 Å². The van der Waals surface area contributed by atoms with Gasteiger partial charge in [0, 0.05) is 25.4 Å². The highest BCUT2D eigenvalue weighted by atomic mass is 15.1. The summed E-state index contributed by atoms with van der Waals surface area (Å²) in [4.78, 5) is 6.82. The predicted molar refractivity (Wildman–Crippen MR) is 69.6 cm³/mol. The van der Waals surface area contributed by atoms with Gasteiger partial charge in [-0.25, -0.2) is 4.98 Å². The van der Waals surface area contributed by atoms with E-state index in [4.69, 9.17) is 0 Å². The monoisotopic (exact) mass is 221 g/mol. The van der Waals surface area contributed by atoms with Crippen LogP contribution in [-0.2, 0) is 6.54 Å². The molecule has 3 heteroatoms. The first-order valence-electron chi connectivity index (χ1n) is 6.15. The number of nitrogens with one attached hydrogen (secondary N) is 1. The summed E-state index contributed by atoms with van der Waals surface area (Å²) in [5, 5.41) is 3.15. The van der Waals surface area contributed by atoms with Crippen molar-refractivity contribution in [3.8, 4) is 0 Å². The maximum atomic E-state index is 4.33. The number of nitrogens with zero attached hydrogens (tertiary/aromatic N) is 2. The molecular weight excluding hydrogens is 198 g/mol. The third-order valence-corrected chi connectivity index (χ3v) is 2.60. The van der Waals surface area contributed by atoms with Crippen LogP contribution in [-0.4, -0.2) is 30.0 Å². The highest BCUT2D eigenvalue weighted by Gasteiger charge is 2.07. The van der Waals surface area contributed by atoms with E-state index in [9.17, 15) is 0 Å². The van der Waals surface area contributed by atoms with Crippen molar-refractivity contribution in [1.82, 2.24) is 9.88 Å². The molecule has 0 amide bonds. The Labute approximate surface area is 98.9 Å². The van der Waals surface area contributed by atoms with E-state index in [1.165, 1.54) is 18.4 Å². The van der Waals surface area contributed by atoms with E-state index in [-0.39, 0.29) is 0 Å². The summed E-state index contributed by atoms with van der Waals surface area (Å²) < 4.78 is 0. The fourth-order valence-corrected chi connectivity index (χ4v) is 1.93. The zero-order chi connectivity index (χ0) is 11.8. The van der Waals surface area contributed by atoms with Gasteiger partial charge in [-0.1, -0.05) is 19.9 Å². The Bertz CT molecular complexity index is 293. The molecule has 0 saturated carbocycles. The molecule has 1 aromatic heterocycles. The van der Waals surface area contributed by atoms with E-state index in [0.717, 1.165) is 25.5 Å². The smallest absolute Gasteiger partial charge is 0.130 e. The largest absolute Gasteiger partial charge is 0.373 e. The van der Waals surface area contributed by atoms with Gasteiger partial charge in [0.25, 0.3) is 0 Å². The fourth-order valence-electron chi connectivity index (χ4n) is 1.93. The number of hydrogen-bond acceptors (Lipinski definition) is 3. The second-order valence-electron chi connectivity index (χ2n) is 4.04. The molecule has 1 aromatic rings. The summed E-state index contributed by atoms with van der Waals surface area (Å²) >= 11 is 0. The number of rotatable bonds is 7. The van der Waals surface area contributed by atoms with Crippen LogP contribution in [0.3, 0.4) is 0 Å². The van der Waals surface area contributed by atoms with Crippen molar-refractivity contribution < 1.29 is 0 Å². The third kappa shape index (κ3) is 3.81. The summed E-state index contributed by atoms with van der Waals surface area (Å²) in [6.07, 6.45) is 4.24. The first kappa shape index (κ1) is 13.0. The normalized spacial score (nSPS) is 10.8. The SMILES string of the molecule is CCCN(CCC)Cc1cccnc1NC. The maximum absolute atomic E-state index is 4.33. The topological polar surface area (TPSA) is 28.2 Å². The van der Waals surface area contributed by atoms with Crippen LogP contribution >= 0.6 is 0 Å². The van der Waals surface area contributed by atoms with Crippen LogP contribution in [0.1, 0.15) is 32.3 Å². The van der Waals surface area contributed by atoms with Crippen LogP contribution in [0.15, 0.2) is 18.3 Å². The lowest BCUT2D eigenvalue weighted by molar-refractivity contribution is 0.266. The average Bonchev–Trinajstić information content (AvgIpc) is 2.30. The summed E-state index contributed by atoms with van der Waals surface area (Å²) in [5.74, 6) is 1.000. The van der Waals surface area contributed by atoms with Crippen LogP contribution in [0.25, 0.3) is 0 Å². The van der Waals surface area contributed by atoms with Gasteiger partial charge in [0.1, 0.15) is 5.82 Å². The molecule has 16 heavy (non-hydrogen) atoms. The Hall–Kier alpha value is -1.09. The second kappa shape index (κ2) is 7.23. The highest BCUT2D eigenvalue weighted by molar-refractivity contribution is 5.42. The molecule has 0 aliphatic rings. The van der Waals surface area contributed by atoms with Crippen molar-refractivity contribution in [3.63, 3.8) is 0 Å². The number of hydrogen-bond donors (Lipinski definition) is 1. The van der Waals surface area contributed by atoms with Gasteiger partial charge in [-0.15, -0.1) is 0 Å². The predicted octanol–water partition coefficient (Wildman–Crippen LogP) is 2.75. The first-order valence-corrected chi connectivity index (χ1v) is 6.15. The zero-order valence-electron chi connectivity index (χ0n) is 10.7. The van der Waals surface area contributed by atoms with Crippen molar-refractivity contribution in [2.75, 3.05) is 25.5 Å². The van der Waals surface area contributed by atoms with Crippen molar-refractivity contribution in [3.05, 3.63) is 23.9 Å². The van der Waals surface area contributed by atoms with Gasteiger partial charge in [-0.05, 0) is 32.0 Å². The molecule has 90 valence electrons. The van der Waals surface area contributed by atoms with Crippen LogP contribution in [0.5, 0.6) is 0 Å². The van der Waals surface area contributed by atoms with E-state index in [1.807, 2.05) is 19.3 Å². The molecule has 0 aliphatic heterocycles. The average molecular weight is 221 g/mol. The van der Waals surface area contributed by atoms with Gasteiger partial charge in [0.15, 0.2) is 0 Å². The van der Waals surface area contributed by atoms with Crippen LogP contribution in [0.4, 0.5) is 5.82 Å². The quantitative estimate of drug-likeness (QED) is 0.767. The Kier molecular flexibility index (Phi) is 5.86. The van der Waals surface area contributed by atoms with Crippen molar-refractivity contribution >= 4 is 5.82 Å². The fraction of sp³-hybridized carbons (Fsp3) is 0.615. The molecule has 0 atom stereocenters. The van der Waals surface area contributed by atoms with Gasteiger partial charge < -0.3 is 5.32 Å². The van der Waals surface area contributed by atoms with Gasteiger partial charge >= 0.3 is 0 Å². The molecule has 3 nitrogen and oxygen atoms in total. The van der Waals surface area contributed by atoms with Crippen LogP contribution < -0.4 is 5.32 Å². The second-order valence-corrected chi connectivity index (χ2v) is 4.04. The third-order valence-electron chi connectivity index (χ3n) is 2.60. The lowest BCUT2D eigenvalue weighted by Gasteiger charge is -2.21. The van der Waals surface area contributed by atoms with Crippen molar-refractivity contribution in [1.29, 1.82) is 0 Å². The highest BCUT2D eigenvalue weighted by Crippen LogP contribution is 2.13. The van der Waals surface area contributed by atoms with Crippen LogP contribution in [0.2, 0.25) is 0 Å². The lowest BCUT2D eigenvalue weighted by Crippen LogP contribution is -2.25. The molecule has 0 saturated heterocycles. The molecule has 0 bridgehead atoms. The molecule has 0 aliphatic carbocycles. The van der Waals surface area contributed by atoms with Gasteiger partial charge in [0.2, 0.25) is 0 Å². The van der Waals surface area contributed by atoms with E-state index >= 15 is 0 Å². The molecule has 0 spiro atoms. The first-order chi connectivity index (χ1) is 7.81. The van der Waals surface area contributed by atoms with Gasteiger partial charge in [-0.2, -0.15) is 0 Å². The summed E-state index contributed by atoms with van der Waals surface area (Å²) in [6.45, 7) is 7.76. The lowest BCUT2D eigenvalue weighted by atomic mass is 10.2. The van der Waals surface area contributed by atoms with E-state index < -0.39 is 0 Å². The Morgan fingerprint density at radius 2 is 1.94 bits per heavy atom. The Morgan fingerprint density at radius 3 is 2.50 bits per heavy atom. The maximum Gasteiger partial charge on any atom is 0.130 e. The molecule has 1 N–H and O–H groups in total. The summed E-state index contributed by atoms with van der Waals surface area (Å²) in [5.41, 5.74) is 1.28. The minimum absolute atomic E-state index is 0.992. The molecule has 1 heterocycles. The number of anilines is 1. The minimum atomic E-state index is 0.992. The molecule has 0 radical (unpaired) electrons. The van der Waals surface area contributed by atoms with Crippen molar-refractivity contribution in [2.45, 2.75) is 33.2 Å². The van der Waals surface area contributed by atoms with E-state index in [0.29, 0.717) is 0 Å².